The predicted molar refractivity (Wildman–Crippen MR) is 98.7 cm³/mol. The van der Waals surface area contributed by atoms with Crippen LogP contribution in [0.4, 0.5) is 4.79 Å². The van der Waals surface area contributed by atoms with Crippen molar-refractivity contribution in [1.29, 1.82) is 0 Å². The third kappa shape index (κ3) is 4.75. The maximum Gasteiger partial charge on any atom is 0.410 e. The molecule has 0 bridgehead atoms. The first-order valence-electron chi connectivity index (χ1n) is 9.28. The number of nitrogens with zero attached hydrogens (tertiary/aromatic N) is 3. The number of rotatable bonds is 4. The lowest BCUT2D eigenvalue weighted by Crippen LogP contribution is -2.54. The van der Waals surface area contributed by atoms with E-state index in [1.54, 1.807) is 9.21 Å². The van der Waals surface area contributed by atoms with Gasteiger partial charge < -0.3 is 9.64 Å². The minimum Gasteiger partial charge on any atom is -0.445 e. The van der Waals surface area contributed by atoms with Crippen molar-refractivity contribution in [1.82, 2.24) is 13.5 Å². The Morgan fingerprint density at radius 3 is 2.04 bits per heavy atom. The van der Waals surface area contributed by atoms with E-state index in [4.69, 9.17) is 4.74 Å². The highest BCUT2D eigenvalue weighted by Crippen LogP contribution is 2.18. The Morgan fingerprint density at radius 2 is 1.42 bits per heavy atom. The van der Waals surface area contributed by atoms with Crippen LogP contribution in [0.15, 0.2) is 30.3 Å². The molecule has 0 aliphatic carbocycles. The number of benzene rings is 1. The molecule has 0 aromatic heterocycles. The Hall–Kier alpha value is -1.64. The van der Waals surface area contributed by atoms with E-state index in [-0.39, 0.29) is 12.7 Å². The normalized spacial score (nSPS) is 20.5. The minimum atomic E-state index is -3.42. The van der Waals surface area contributed by atoms with Crippen molar-refractivity contribution in [2.45, 2.75) is 32.3 Å². The van der Waals surface area contributed by atoms with E-state index in [0.717, 1.165) is 31.2 Å². The number of carbonyl (C=O) groups is 1. The van der Waals surface area contributed by atoms with Gasteiger partial charge >= 0.3 is 6.09 Å². The van der Waals surface area contributed by atoms with Crippen LogP contribution in [0.1, 0.15) is 31.2 Å². The van der Waals surface area contributed by atoms with Gasteiger partial charge in [0.1, 0.15) is 6.61 Å². The summed E-state index contributed by atoms with van der Waals surface area (Å²) in [4.78, 5) is 13.8. The Bertz CT molecular complexity index is 680. The van der Waals surface area contributed by atoms with Crippen molar-refractivity contribution in [2.75, 3.05) is 39.3 Å². The van der Waals surface area contributed by atoms with Crippen LogP contribution in [-0.2, 0) is 21.6 Å². The van der Waals surface area contributed by atoms with Crippen LogP contribution in [0.2, 0.25) is 0 Å². The van der Waals surface area contributed by atoms with Crippen molar-refractivity contribution in [2.24, 2.45) is 0 Å². The van der Waals surface area contributed by atoms with Crippen molar-refractivity contribution in [3.63, 3.8) is 0 Å². The van der Waals surface area contributed by atoms with E-state index >= 15 is 0 Å². The van der Waals surface area contributed by atoms with Gasteiger partial charge in [0.05, 0.1) is 0 Å². The zero-order chi connectivity index (χ0) is 18.4. The Labute approximate surface area is 155 Å². The van der Waals surface area contributed by atoms with E-state index in [9.17, 15) is 13.2 Å². The Morgan fingerprint density at radius 1 is 0.846 bits per heavy atom. The third-order valence-electron chi connectivity index (χ3n) is 4.92. The second-order valence-corrected chi connectivity index (χ2v) is 8.68. The molecule has 1 amide bonds. The molecule has 0 radical (unpaired) electrons. The maximum absolute atomic E-state index is 12.8. The fraction of sp³-hybridized carbons (Fsp3) is 0.611. The van der Waals surface area contributed by atoms with Crippen LogP contribution in [0.3, 0.4) is 0 Å². The average Bonchev–Trinajstić information content (AvgIpc) is 2.97. The third-order valence-corrected chi connectivity index (χ3v) is 6.96. The Kier molecular flexibility index (Phi) is 6.50. The van der Waals surface area contributed by atoms with Gasteiger partial charge in [-0.25, -0.2) is 4.79 Å². The largest absolute Gasteiger partial charge is 0.445 e. The van der Waals surface area contributed by atoms with Gasteiger partial charge in [-0.15, -0.1) is 0 Å². The number of hydrogen-bond donors (Lipinski definition) is 0. The van der Waals surface area contributed by atoms with Gasteiger partial charge in [-0.1, -0.05) is 43.2 Å². The van der Waals surface area contributed by atoms with Gasteiger partial charge in [0, 0.05) is 39.3 Å². The van der Waals surface area contributed by atoms with Crippen LogP contribution in [-0.4, -0.2) is 67.3 Å². The summed E-state index contributed by atoms with van der Waals surface area (Å²) in [6.45, 7) is 2.79. The summed E-state index contributed by atoms with van der Waals surface area (Å²) in [5.74, 6) is 0. The van der Waals surface area contributed by atoms with Crippen molar-refractivity contribution in [3.05, 3.63) is 35.9 Å². The molecule has 3 rings (SSSR count). The summed E-state index contributed by atoms with van der Waals surface area (Å²) in [7, 11) is -3.42. The summed E-state index contributed by atoms with van der Waals surface area (Å²) in [5, 5.41) is 0. The topological polar surface area (TPSA) is 70.2 Å². The standard InChI is InChI=1S/C18H27N3O4S/c22-18(25-16-17-8-4-3-5-9-17)19-12-14-21(15-13-19)26(23,24)20-10-6-1-2-7-11-20/h3-5,8-9H,1-2,6-7,10-16H2. The number of hydrogen-bond acceptors (Lipinski definition) is 4. The first-order valence-corrected chi connectivity index (χ1v) is 10.7. The van der Waals surface area contributed by atoms with Crippen LogP contribution in [0.25, 0.3) is 0 Å². The summed E-state index contributed by atoms with van der Waals surface area (Å²) in [5.41, 5.74) is 0.934. The number of ether oxygens (including phenoxy) is 1. The van der Waals surface area contributed by atoms with Gasteiger partial charge in [-0.2, -0.15) is 17.0 Å². The van der Waals surface area contributed by atoms with Gasteiger partial charge in [-0.05, 0) is 18.4 Å². The van der Waals surface area contributed by atoms with Gasteiger partial charge in [0.15, 0.2) is 0 Å². The SMILES string of the molecule is O=C(OCc1ccccc1)N1CCN(S(=O)(=O)N2CCCCCC2)CC1. The molecule has 0 saturated carbocycles. The molecule has 1 aromatic rings. The lowest BCUT2D eigenvalue weighted by atomic mass is 10.2. The second kappa shape index (κ2) is 8.83. The van der Waals surface area contributed by atoms with E-state index in [0.29, 0.717) is 39.3 Å². The second-order valence-electron chi connectivity index (χ2n) is 6.75. The quantitative estimate of drug-likeness (QED) is 0.800. The monoisotopic (exact) mass is 381 g/mol. The van der Waals surface area contributed by atoms with E-state index in [1.807, 2.05) is 30.3 Å². The molecule has 0 N–H and O–H groups in total. The van der Waals surface area contributed by atoms with E-state index < -0.39 is 10.2 Å². The number of carbonyl (C=O) groups excluding carboxylic acids is 1. The van der Waals surface area contributed by atoms with Gasteiger partial charge in [-0.3, -0.25) is 0 Å². The van der Waals surface area contributed by atoms with Crippen molar-refractivity contribution >= 4 is 16.3 Å². The molecule has 0 spiro atoms. The maximum atomic E-state index is 12.8. The van der Waals surface area contributed by atoms with E-state index in [2.05, 4.69) is 0 Å². The van der Waals surface area contributed by atoms with Crippen molar-refractivity contribution < 1.29 is 17.9 Å². The first kappa shape index (κ1) is 19.1. The molecule has 2 fully saturated rings. The molecular formula is C18H27N3O4S. The summed E-state index contributed by atoms with van der Waals surface area (Å²) in [6.07, 6.45) is 3.64. The molecule has 0 atom stereocenters. The minimum absolute atomic E-state index is 0.228. The molecule has 8 heteroatoms. The first-order chi connectivity index (χ1) is 12.6. The van der Waals surface area contributed by atoms with E-state index in [1.165, 1.54) is 4.31 Å². The number of piperazine rings is 1. The molecule has 26 heavy (non-hydrogen) atoms. The fourth-order valence-corrected chi connectivity index (χ4v) is 5.02. The number of amides is 1. The molecule has 2 aliphatic heterocycles. The highest BCUT2D eigenvalue weighted by molar-refractivity contribution is 7.86. The van der Waals surface area contributed by atoms with Crippen LogP contribution >= 0.6 is 0 Å². The lowest BCUT2D eigenvalue weighted by Gasteiger charge is -2.36. The highest BCUT2D eigenvalue weighted by atomic mass is 32.2. The zero-order valence-corrected chi connectivity index (χ0v) is 15.9. The smallest absolute Gasteiger partial charge is 0.410 e. The van der Waals surface area contributed by atoms with Gasteiger partial charge in [0.25, 0.3) is 10.2 Å². The molecule has 0 unspecified atom stereocenters. The van der Waals surface area contributed by atoms with Crippen molar-refractivity contribution in [3.8, 4) is 0 Å². The molecular weight excluding hydrogens is 354 g/mol. The van der Waals surface area contributed by atoms with Crippen LogP contribution < -0.4 is 0 Å². The summed E-state index contributed by atoms with van der Waals surface area (Å²) < 4.78 is 34.0. The summed E-state index contributed by atoms with van der Waals surface area (Å²) in [6, 6.07) is 9.51. The highest BCUT2D eigenvalue weighted by Gasteiger charge is 2.33. The Balaban J connectivity index is 1.49. The molecule has 7 nitrogen and oxygen atoms in total. The molecule has 2 heterocycles. The lowest BCUT2D eigenvalue weighted by molar-refractivity contribution is 0.0830. The van der Waals surface area contributed by atoms with Gasteiger partial charge in [0.2, 0.25) is 0 Å². The van der Waals surface area contributed by atoms with Crippen LogP contribution in [0, 0.1) is 0 Å². The molecule has 2 saturated heterocycles. The summed E-state index contributed by atoms with van der Waals surface area (Å²) >= 11 is 0. The average molecular weight is 381 g/mol. The fourth-order valence-electron chi connectivity index (χ4n) is 3.35. The predicted octanol–water partition coefficient (Wildman–Crippen LogP) is 2.06. The molecule has 1 aromatic carbocycles. The zero-order valence-electron chi connectivity index (χ0n) is 15.0. The molecule has 2 aliphatic rings. The molecule has 144 valence electrons. The van der Waals surface area contributed by atoms with Crippen LogP contribution in [0.5, 0.6) is 0 Å².